The normalized spacial score (nSPS) is 16.6. The molecule has 134 valence electrons. The van der Waals surface area contributed by atoms with Gasteiger partial charge in [-0.25, -0.2) is 4.98 Å². The van der Waals surface area contributed by atoms with Crippen LogP contribution in [-0.4, -0.2) is 36.4 Å². The van der Waals surface area contributed by atoms with E-state index in [2.05, 4.69) is 39.1 Å². The molecule has 4 rings (SSSR count). The molecule has 2 N–H and O–H groups in total. The number of benzene rings is 1. The lowest BCUT2D eigenvalue weighted by molar-refractivity contribution is -0.931. The highest BCUT2D eigenvalue weighted by Gasteiger charge is 2.32. The first-order valence-corrected chi connectivity index (χ1v) is 9.24. The van der Waals surface area contributed by atoms with E-state index in [0.717, 1.165) is 31.7 Å². The predicted molar refractivity (Wildman–Crippen MR) is 99.1 cm³/mol. The van der Waals surface area contributed by atoms with Gasteiger partial charge in [-0.1, -0.05) is 23.7 Å². The molecule has 0 bridgehead atoms. The van der Waals surface area contributed by atoms with Crippen LogP contribution in [0.5, 0.6) is 0 Å². The fourth-order valence-electron chi connectivity index (χ4n) is 3.37. The van der Waals surface area contributed by atoms with Crippen molar-refractivity contribution in [1.82, 2.24) is 10.2 Å². The first-order valence-electron chi connectivity index (χ1n) is 8.86. The van der Waals surface area contributed by atoms with Crippen LogP contribution in [0.15, 0.2) is 53.1 Å². The van der Waals surface area contributed by atoms with E-state index in [1.165, 1.54) is 10.7 Å². The molecule has 0 unspecified atom stereocenters. The van der Waals surface area contributed by atoms with Crippen molar-refractivity contribution in [1.29, 1.82) is 0 Å². The fraction of sp³-hybridized carbons (Fsp3) is 0.316. The fourth-order valence-corrected chi connectivity index (χ4v) is 3.56. The highest BCUT2D eigenvalue weighted by Crippen LogP contribution is 2.22. The zero-order valence-electron chi connectivity index (χ0n) is 14.7. The van der Waals surface area contributed by atoms with Crippen molar-refractivity contribution in [2.24, 2.45) is 0 Å². The van der Waals surface area contributed by atoms with Gasteiger partial charge in [0.25, 0.3) is 11.7 Å². The van der Waals surface area contributed by atoms with Crippen molar-refractivity contribution in [3.8, 4) is 11.5 Å². The molecule has 26 heavy (non-hydrogen) atoms. The third-order valence-electron chi connectivity index (χ3n) is 4.93. The van der Waals surface area contributed by atoms with Crippen LogP contribution in [0.3, 0.4) is 0 Å². The lowest BCUT2D eigenvalue weighted by Crippen LogP contribution is -3.14. The zero-order chi connectivity index (χ0) is 17.9. The Kier molecular flexibility index (Phi) is 4.86. The number of piperazine rings is 1. The van der Waals surface area contributed by atoms with Crippen LogP contribution in [0.4, 0.5) is 5.82 Å². The molecule has 3 heterocycles. The van der Waals surface area contributed by atoms with Crippen molar-refractivity contribution >= 4 is 17.4 Å². The van der Waals surface area contributed by atoms with Crippen molar-refractivity contribution in [3.63, 3.8) is 0 Å². The van der Waals surface area contributed by atoms with E-state index in [0.29, 0.717) is 16.8 Å². The van der Waals surface area contributed by atoms with Crippen LogP contribution in [0.25, 0.3) is 11.5 Å². The number of anilines is 1. The lowest BCUT2D eigenvalue weighted by atomic mass is 10.2. The predicted octanol–water partition coefficient (Wildman–Crippen LogP) is 1.67. The number of H-pyrrole nitrogens is 1. The summed E-state index contributed by atoms with van der Waals surface area (Å²) in [5.74, 6) is 2.36. The maximum absolute atomic E-state index is 6.05. The minimum absolute atomic E-state index is 0.164. The van der Waals surface area contributed by atoms with Crippen LogP contribution in [0.1, 0.15) is 18.9 Å². The number of nitrogens with zero attached hydrogens (tertiary/aromatic N) is 3. The molecule has 0 radical (unpaired) electrons. The van der Waals surface area contributed by atoms with E-state index < -0.39 is 0 Å². The summed E-state index contributed by atoms with van der Waals surface area (Å²) in [6.07, 6.45) is 1.97. The lowest BCUT2D eigenvalue weighted by Gasteiger charge is -2.30. The number of halogens is 1. The molecule has 1 aromatic carbocycles. The van der Waals surface area contributed by atoms with Crippen molar-refractivity contribution in [3.05, 3.63) is 59.6 Å². The van der Waals surface area contributed by atoms with Crippen molar-refractivity contribution < 1.29 is 14.3 Å². The molecule has 0 aliphatic carbocycles. The van der Waals surface area contributed by atoms with Crippen LogP contribution in [0, 0.1) is 0 Å². The Balaban J connectivity index is 1.42. The van der Waals surface area contributed by atoms with Gasteiger partial charge < -0.3 is 9.32 Å². The van der Waals surface area contributed by atoms with Gasteiger partial charge in [-0.3, -0.25) is 4.90 Å². The molecule has 7 heteroatoms. The molecule has 2 aromatic heterocycles. The summed E-state index contributed by atoms with van der Waals surface area (Å²) in [5, 5.41) is 9.14. The average molecular weight is 372 g/mol. The number of hydrogen-bond acceptors (Lipinski definition) is 4. The smallest absolute Gasteiger partial charge is 0.274 e. The molecular weight excluding hydrogens is 350 g/mol. The Hall–Kier alpha value is -2.44. The Morgan fingerprint density at radius 2 is 2.00 bits per heavy atom. The summed E-state index contributed by atoms with van der Waals surface area (Å²) in [5.41, 5.74) is 0.850. The number of nitrogens with one attached hydrogen (secondary N) is 2. The largest absolute Gasteiger partial charge is 0.415 e. The van der Waals surface area contributed by atoms with Crippen molar-refractivity contribution in [2.75, 3.05) is 31.1 Å². The van der Waals surface area contributed by atoms with Crippen LogP contribution in [0.2, 0.25) is 5.02 Å². The number of pyridine rings is 1. The molecular formula is C19H22ClN5O+2. The maximum Gasteiger partial charge on any atom is 0.274 e. The van der Waals surface area contributed by atoms with Gasteiger partial charge in [-0.05, 0) is 31.2 Å². The summed E-state index contributed by atoms with van der Waals surface area (Å²) in [6, 6.07) is 13.8. The summed E-state index contributed by atoms with van der Waals surface area (Å²) in [4.78, 5) is 7.14. The topological polar surface area (TPSA) is 60.7 Å². The van der Waals surface area contributed by atoms with Crippen LogP contribution < -0.4 is 14.8 Å². The third kappa shape index (κ3) is 3.57. The van der Waals surface area contributed by atoms with Crippen molar-refractivity contribution in [2.45, 2.75) is 13.0 Å². The van der Waals surface area contributed by atoms with Gasteiger partial charge >= 0.3 is 0 Å². The van der Waals surface area contributed by atoms with Gasteiger partial charge in [-0.2, -0.15) is 0 Å². The quantitative estimate of drug-likeness (QED) is 0.758. The monoisotopic (exact) mass is 371 g/mol. The Bertz CT molecular complexity index is 861. The molecule has 1 fully saturated rings. The average Bonchev–Trinajstić information content (AvgIpc) is 3.18. The molecule has 3 aromatic rings. The minimum Gasteiger partial charge on any atom is -0.415 e. The summed E-state index contributed by atoms with van der Waals surface area (Å²) in [7, 11) is 0. The molecule has 1 saturated heterocycles. The van der Waals surface area contributed by atoms with Crippen LogP contribution >= 0.6 is 11.6 Å². The number of rotatable bonds is 4. The molecule has 1 aliphatic rings. The van der Waals surface area contributed by atoms with Gasteiger partial charge in [0.05, 0.1) is 6.20 Å². The van der Waals surface area contributed by atoms with E-state index in [9.17, 15) is 0 Å². The number of quaternary nitrogens is 1. The second-order valence-corrected chi connectivity index (χ2v) is 7.01. The zero-order valence-corrected chi connectivity index (χ0v) is 15.4. The van der Waals surface area contributed by atoms with E-state index in [1.54, 1.807) is 0 Å². The third-order valence-corrected chi connectivity index (χ3v) is 5.17. The molecule has 0 spiro atoms. The first-order chi connectivity index (χ1) is 12.7. The van der Waals surface area contributed by atoms with Gasteiger partial charge in [0.2, 0.25) is 5.89 Å². The van der Waals surface area contributed by atoms with Gasteiger partial charge in [-0.15, -0.1) is 10.2 Å². The number of hydrogen-bond donors (Lipinski definition) is 1. The number of aromatic nitrogens is 3. The highest BCUT2D eigenvalue weighted by molar-refractivity contribution is 6.30. The highest BCUT2D eigenvalue weighted by atomic mass is 35.5. The second-order valence-electron chi connectivity index (χ2n) is 6.57. The molecule has 6 nitrogen and oxygen atoms in total. The standard InChI is InChI=1S/C19H20ClN5O/c1-14(18-22-23-19(26-18)15-5-4-6-16(20)13-15)24-9-11-25(12-10-24)17-7-2-3-8-21-17/h2-8,13-14H,9-12H2,1H3/p+2/t14-/m1/s1. The van der Waals surface area contributed by atoms with E-state index in [4.69, 9.17) is 16.0 Å². The Morgan fingerprint density at radius 1 is 1.15 bits per heavy atom. The Labute approximate surface area is 157 Å². The molecule has 1 aliphatic heterocycles. The first kappa shape index (κ1) is 17.0. The molecule has 0 saturated carbocycles. The van der Waals surface area contributed by atoms with Gasteiger partial charge in [0.15, 0.2) is 6.04 Å². The van der Waals surface area contributed by atoms with E-state index >= 15 is 0 Å². The number of aromatic amines is 1. The van der Waals surface area contributed by atoms with E-state index in [-0.39, 0.29) is 6.04 Å². The second kappa shape index (κ2) is 7.43. The van der Waals surface area contributed by atoms with Gasteiger partial charge in [0.1, 0.15) is 26.2 Å². The van der Waals surface area contributed by atoms with Gasteiger partial charge in [0, 0.05) is 16.7 Å². The molecule has 1 atom stereocenters. The van der Waals surface area contributed by atoms with E-state index in [1.807, 2.05) is 36.5 Å². The minimum atomic E-state index is 0.164. The Morgan fingerprint density at radius 3 is 2.73 bits per heavy atom. The summed E-state index contributed by atoms with van der Waals surface area (Å²) in [6.45, 7) is 6.19. The maximum atomic E-state index is 6.05. The summed E-state index contributed by atoms with van der Waals surface area (Å²) >= 11 is 6.05. The SMILES string of the molecule is C[C@H](c1nnc(-c2cccc(Cl)c2)o1)[NH+]1CCN(c2cccc[nH+]2)CC1. The summed E-state index contributed by atoms with van der Waals surface area (Å²) < 4.78 is 5.93. The molecule has 0 amide bonds. The van der Waals surface area contributed by atoms with Crippen LogP contribution in [-0.2, 0) is 0 Å².